The van der Waals surface area contributed by atoms with Crippen LogP contribution in [-0.4, -0.2) is 13.5 Å². The molecule has 2 rings (SSSR count). The molecule has 0 fully saturated rings. The third-order valence-corrected chi connectivity index (χ3v) is 4.53. The molecule has 0 amide bonds. The predicted molar refractivity (Wildman–Crippen MR) is 77.8 cm³/mol. The Kier molecular flexibility index (Phi) is 4.95. The number of aliphatic hydroxyl groups is 1. The summed E-state index contributed by atoms with van der Waals surface area (Å²) in [5, 5.41) is 8.79. The van der Waals surface area contributed by atoms with Crippen LogP contribution in [-0.2, 0) is 23.2 Å². The molecule has 21 heavy (non-hydrogen) atoms. The smallest absolute Gasteiger partial charge is 0.240 e. The maximum atomic E-state index is 13.1. The van der Waals surface area contributed by atoms with E-state index in [0.29, 0.717) is 11.1 Å². The maximum absolute atomic E-state index is 13.1. The largest absolute Gasteiger partial charge is 0.392 e. The van der Waals surface area contributed by atoms with Gasteiger partial charge in [0.2, 0.25) is 10.0 Å². The van der Waals surface area contributed by atoms with Gasteiger partial charge in [-0.25, -0.2) is 17.5 Å². The van der Waals surface area contributed by atoms with Gasteiger partial charge in [0.15, 0.2) is 0 Å². The lowest BCUT2D eigenvalue weighted by Gasteiger charge is -2.08. The summed E-state index contributed by atoms with van der Waals surface area (Å²) in [4.78, 5) is -0.104. The fourth-order valence-electron chi connectivity index (χ4n) is 1.74. The maximum Gasteiger partial charge on any atom is 0.240 e. The molecule has 2 N–H and O–H groups in total. The van der Waals surface area contributed by atoms with Crippen LogP contribution in [0.15, 0.2) is 47.4 Å². The van der Waals surface area contributed by atoms with Crippen molar-refractivity contribution < 1.29 is 17.9 Å². The van der Waals surface area contributed by atoms with E-state index in [9.17, 15) is 12.8 Å². The van der Waals surface area contributed by atoms with E-state index in [1.54, 1.807) is 24.3 Å². The molecule has 0 bridgehead atoms. The molecule has 0 unspecified atom stereocenters. The number of benzene rings is 2. The average Bonchev–Trinajstić information content (AvgIpc) is 2.48. The molecule has 0 atom stereocenters. The molecule has 7 heteroatoms. The molecule has 0 saturated heterocycles. The van der Waals surface area contributed by atoms with E-state index in [1.165, 1.54) is 0 Å². The van der Waals surface area contributed by atoms with Crippen molar-refractivity contribution in [2.75, 3.05) is 0 Å². The highest BCUT2D eigenvalue weighted by Crippen LogP contribution is 2.19. The third-order valence-electron chi connectivity index (χ3n) is 2.84. The number of hydrogen-bond donors (Lipinski definition) is 2. The second-order valence-electron chi connectivity index (χ2n) is 4.38. The van der Waals surface area contributed by atoms with Gasteiger partial charge in [0.25, 0.3) is 0 Å². The van der Waals surface area contributed by atoms with Gasteiger partial charge >= 0.3 is 0 Å². The van der Waals surface area contributed by atoms with Crippen molar-refractivity contribution >= 4 is 21.6 Å². The van der Waals surface area contributed by atoms with Gasteiger partial charge in [0.05, 0.1) is 16.5 Å². The topological polar surface area (TPSA) is 66.4 Å². The van der Waals surface area contributed by atoms with Crippen molar-refractivity contribution in [1.29, 1.82) is 0 Å². The molecule has 0 radical (unpaired) electrons. The summed E-state index contributed by atoms with van der Waals surface area (Å²) in [5.41, 5.74) is 1.40. The standard InChI is InChI=1S/C14H13ClFNO3S/c15-13-7-12(4-5-14(13)16)21(19,20)17-8-10-2-1-3-11(6-10)9-18/h1-7,17-18H,8-9H2. The third kappa shape index (κ3) is 4.01. The number of hydrogen-bond acceptors (Lipinski definition) is 3. The number of nitrogens with one attached hydrogen (secondary N) is 1. The lowest BCUT2D eigenvalue weighted by atomic mass is 10.1. The molecule has 0 spiro atoms. The van der Waals surface area contributed by atoms with E-state index in [1.807, 2.05) is 0 Å². The first-order valence-electron chi connectivity index (χ1n) is 6.06. The molecular formula is C14H13ClFNO3S. The predicted octanol–water partition coefficient (Wildman–Crippen LogP) is 2.45. The van der Waals surface area contributed by atoms with Crippen molar-refractivity contribution in [2.45, 2.75) is 18.0 Å². The molecule has 0 aliphatic heterocycles. The molecule has 0 heterocycles. The Balaban J connectivity index is 2.15. The Morgan fingerprint density at radius 3 is 2.52 bits per heavy atom. The minimum absolute atomic E-state index is 0.0607. The SMILES string of the molecule is O=S(=O)(NCc1cccc(CO)c1)c1ccc(F)c(Cl)c1. The van der Waals surface area contributed by atoms with Crippen LogP contribution in [0.1, 0.15) is 11.1 Å². The summed E-state index contributed by atoms with van der Waals surface area (Å²) in [6.07, 6.45) is 0. The summed E-state index contributed by atoms with van der Waals surface area (Å²) in [6, 6.07) is 10.1. The van der Waals surface area contributed by atoms with E-state index in [0.717, 1.165) is 18.2 Å². The van der Waals surface area contributed by atoms with Crippen molar-refractivity contribution in [3.8, 4) is 0 Å². The van der Waals surface area contributed by atoms with Gasteiger partial charge in [-0.15, -0.1) is 0 Å². The molecule has 0 aliphatic carbocycles. The number of rotatable bonds is 5. The van der Waals surface area contributed by atoms with E-state index in [4.69, 9.17) is 16.7 Å². The summed E-state index contributed by atoms with van der Waals surface area (Å²) >= 11 is 5.58. The molecule has 112 valence electrons. The summed E-state index contributed by atoms with van der Waals surface area (Å²) in [5.74, 6) is -0.675. The molecule has 2 aromatic rings. The van der Waals surface area contributed by atoms with Crippen LogP contribution in [0, 0.1) is 5.82 Å². The monoisotopic (exact) mass is 329 g/mol. The average molecular weight is 330 g/mol. The molecular weight excluding hydrogens is 317 g/mol. The Bertz CT molecular complexity index is 750. The first-order valence-corrected chi connectivity index (χ1v) is 7.92. The number of aliphatic hydroxyl groups excluding tert-OH is 1. The van der Waals surface area contributed by atoms with Gasteiger partial charge in [-0.05, 0) is 29.3 Å². The summed E-state index contributed by atoms with van der Waals surface area (Å²) < 4.78 is 39.6. The van der Waals surface area contributed by atoms with Crippen molar-refractivity contribution in [3.05, 3.63) is 64.4 Å². The highest BCUT2D eigenvalue weighted by Gasteiger charge is 2.15. The quantitative estimate of drug-likeness (QED) is 0.885. The highest BCUT2D eigenvalue weighted by atomic mass is 35.5. The zero-order valence-corrected chi connectivity index (χ0v) is 12.5. The van der Waals surface area contributed by atoms with Gasteiger partial charge in [-0.1, -0.05) is 35.9 Å². The van der Waals surface area contributed by atoms with Crippen molar-refractivity contribution in [2.24, 2.45) is 0 Å². The fourth-order valence-corrected chi connectivity index (χ4v) is 3.03. The number of halogens is 2. The normalized spacial score (nSPS) is 11.6. The van der Waals surface area contributed by atoms with Crippen LogP contribution >= 0.6 is 11.6 Å². The zero-order valence-electron chi connectivity index (χ0n) is 10.9. The Hall–Kier alpha value is -1.47. The summed E-state index contributed by atoms with van der Waals surface area (Å²) in [6.45, 7) is -0.0562. The second kappa shape index (κ2) is 6.53. The lowest BCUT2D eigenvalue weighted by Crippen LogP contribution is -2.23. The van der Waals surface area contributed by atoms with E-state index >= 15 is 0 Å². The minimum Gasteiger partial charge on any atom is -0.392 e. The Labute approximate surface area is 127 Å². The molecule has 4 nitrogen and oxygen atoms in total. The first-order chi connectivity index (χ1) is 9.92. The van der Waals surface area contributed by atoms with Crippen molar-refractivity contribution in [3.63, 3.8) is 0 Å². The van der Waals surface area contributed by atoms with Crippen LogP contribution in [0.25, 0.3) is 0 Å². The first kappa shape index (κ1) is 15.9. The second-order valence-corrected chi connectivity index (χ2v) is 6.55. The molecule has 2 aromatic carbocycles. The van der Waals surface area contributed by atoms with Crippen LogP contribution in [0.3, 0.4) is 0 Å². The van der Waals surface area contributed by atoms with Crippen LogP contribution in [0.5, 0.6) is 0 Å². The Morgan fingerprint density at radius 1 is 1.14 bits per heavy atom. The fraction of sp³-hybridized carbons (Fsp3) is 0.143. The van der Waals surface area contributed by atoms with Crippen molar-refractivity contribution in [1.82, 2.24) is 4.72 Å². The van der Waals surface area contributed by atoms with E-state index in [-0.39, 0.29) is 23.1 Å². The molecule has 0 saturated carbocycles. The highest BCUT2D eigenvalue weighted by molar-refractivity contribution is 7.89. The van der Waals surface area contributed by atoms with E-state index < -0.39 is 15.8 Å². The van der Waals surface area contributed by atoms with Crippen LogP contribution in [0.4, 0.5) is 4.39 Å². The van der Waals surface area contributed by atoms with E-state index in [2.05, 4.69) is 4.72 Å². The molecule has 0 aromatic heterocycles. The van der Waals surface area contributed by atoms with Gasteiger partial charge in [-0.2, -0.15) is 0 Å². The van der Waals surface area contributed by atoms with Gasteiger partial charge in [0, 0.05) is 6.54 Å². The lowest BCUT2D eigenvalue weighted by molar-refractivity contribution is 0.281. The van der Waals surface area contributed by atoms with Gasteiger partial charge in [0.1, 0.15) is 5.82 Å². The van der Waals surface area contributed by atoms with Crippen LogP contribution < -0.4 is 4.72 Å². The summed E-state index contributed by atoms with van der Waals surface area (Å²) in [7, 11) is -3.78. The van der Waals surface area contributed by atoms with Crippen LogP contribution in [0.2, 0.25) is 5.02 Å². The Morgan fingerprint density at radius 2 is 1.86 bits per heavy atom. The number of sulfonamides is 1. The minimum atomic E-state index is -3.78. The van der Waals surface area contributed by atoms with Gasteiger partial charge in [-0.3, -0.25) is 0 Å². The van der Waals surface area contributed by atoms with Gasteiger partial charge < -0.3 is 5.11 Å². The molecule has 0 aliphatic rings. The zero-order chi connectivity index (χ0) is 15.5.